The van der Waals surface area contributed by atoms with Gasteiger partial charge in [0.1, 0.15) is 0 Å². The lowest BCUT2D eigenvalue weighted by atomic mass is 10.1. The van der Waals surface area contributed by atoms with Crippen molar-refractivity contribution in [3.63, 3.8) is 0 Å². The van der Waals surface area contributed by atoms with Crippen LogP contribution in [0.15, 0.2) is 4.99 Å². The van der Waals surface area contributed by atoms with Crippen LogP contribution in [0.4, 0.5) is 0 Å². The Morgan fingerprint density at radius 2 is 2.44 bits per heavy atom. The first-order chi connectivity index (χ1) is 3.80. The highest BCUT2D eigenvalue weighted by atomic mass is 35.5. The minimum absolute atomic E-state index is 0. The molecule has 0 aromatic carbocycles. The van der Waals surface area contributed by atoms with Gasteiger partial charge in [-0.3, -0.25) is 9.79 Å². The van der Waals surface area contributed by atoms with Crippen LogP contribution in [-0.4, -0.2) is 18.7 Å². The quantitative estimate of drug-likeness (QED) is 0.559. The van der Waals surface area contributed by atoms with E-state index in [1.165, 1.54) is 0 Å². The van der Waals surface area contributed by atoms with Crippen molar-refractivity contribution in [1.29, 1.82) is 0 Å². The Labute approximate surface area is 59.7 Å². The molecule has 1 rings (SSSR count). The molecule has 0 saturated heterocycles. The standard InChI is InChI=1S/C5H8N2O.ClH/c6-5(8)4-1-2-7-3-4;/h3-4H,1-2H2,(H2,6,8);1H. The molecule has 1 aliphatic heterocycles. The normalized spacial score (nSPS) is 23.3. The SMILES string of the molecule is Cl.NC(=O)C1C=NCC1. The average molecular weight is 149 g/mol. The maximum absolute atomic E-state index is 10.3. The number of aliphatic imine (C=N–C) groups is 1. The molecule has 0 aromatic rings. The number of primary amides is 1. The zero-order valence-electron chi connectivity index (χ0n) is 4.91. The molecule has 0 aliphatic carbocycles. The molecular formula is C5H9ClN2O. The molecule has 1 heterocycles. The van der Waals surface area contributed by atoms with Gasteiger partial charge in [-0.1, -0.05) is 0 Å². The predicted octanol–water partition coefficient (Wildman–Crippen LogP) is -0.0158. The summed E-state index contributed by atoms with van der Waals surface area (Å²) in [6, 6.07) is 0. The molecule has 1 unspecified atom stereocenters. The molecule has 1 atom stereocenters. The molecule has 3 nitrogen and oxygen atoms in total. The predicted molar refractivity (Wildman–Crippen MR) is 37.9 cm³/mol. The third-order valence-electron chi connectivity index (χ3n) is 1.22. The van der Waals surface area contributed by atoms with E-state index in [0.717, 1.165) is 13.0 Å². The van der Waals surface area contributed by atoms with Gasteiger partial charge in [-0.15, -0.1) is 12.4 Å². The van der Waals surface area contributed by atoms with Gasteiger partial charge in [-0.2, -0.15) is 0 Å². The Bertz CT molecular complexity index is 135. The first kappa shape index (κ1) is 8.43. The van der Waals surface area contributed by atoms with Crippen molar-refractivity contribution in [2.75, 3.05) is 6.54 Å². The van der Waals surface area contributed by atoms with Crippen LogP contribution in [0.3, 0.4) is 0 Å². The molecule has 2 N–H and O–H groups in total. The van der Waals surface area contributed by atoms with Crippen molar-refractivity contribution in [2.45, 2.75) is 6.42 Å². The molecule has 0 spiro atoms. The zero-order valence-corrected chi connectivity index (χ0v) is 5.73. The van der Waals surface area contributed by atoms with E-state index in [1.54, 1.807) is 6.21 Å². The van der Waals surface area contributed by atoms with Crippen molar-refractivity contribution in [2.24, 2.45) is 16.6 Å². The fourth-order valence-corrected chi connectivity index (χ4v) is 0.706. The smallest absolute Gasteiger partial charge is 0.225 e. The summed E-state index contributed by atoms with van der Waals surface area (Å²) in [7, 11) is 0. The van der Waals surface area contributed by atoms with Crippen molar-refractivity contribution < 1.29 is 4.79 Å². The maximum Gasteiger partial charge on any atom is 0.225 e. The third-order valence-corrected chi connectivity index (χ3v) is 1.22. The van der Waals surface area contributed by atoms with Crippen molar-refractivity contribution in [3.05, 3.63) is 0 Å². The highest BCUT2D eigenvalue weighted by Gasteiger charge is 2.14. The largest absolute Gasteiger partial charge is 0.369 e. The highest BCUT2D eigenvalue weighted by molar-refractivity contribution is 5.93. The van der Waals surface area contributed by atoms with Gasteiger partial charge in [0.15, 0.2) is 0 Å². The van der Waals surface area contributed by atoms with E-state index in [2.05, 4.69) is 4.99 Å². The van der Waals surface area contributed by atoms with Gasteiger partial charge < -0.3 is 5.73 Å². The van der Waals surface area contributed by atoms with Crippen LogP contribution >= 0.6 is 12.4 Å². The van der Waals surface area contributed by atoms with Crippen molar-refractivity contribution in [1.82, 2.24) is 0 Å². The summed E-state index contributed by atoms with van der Waals surface area (Å²) >= 11 is 0. The number of nitrogens with two attached hydrogens (primary N) is 1. The first-order valence-corrected chi connectivity index (χ1v) is 2.60. The van der Waals surface area contributed by atoms with Gasteiger partial charge in [0.05, 0.1) is 5.92 Å². The topological polar surface area (TPSA) is 55.5 Å². The van der Waals surface area contributed by atoms with Crippen LogP contribution in [0.5, 0.6) is 0 Å². The van der Waals surface area contributed by atoms with Gasteiger partial charge in [-0.05, 0) is 6.42 Å². The lowest BCUT2D eigenvalue weighted by molar-refractivity contribution is -0.119. The van der Waals surface area contributed by atoms with E-state index in [9.17, 15) is 4.79 Å². The summed E-state index contributed by atoms with van der Waals surface area (Å²) in [6.07, 6.45) is 2.43. The first-order valence-electron chi connectivity index (χ1n) is 2.60. The van der Waals surface area contributed by atoms with Crippen LogP contribution in [0.2, 0.25) is 0 Å². The van der Waals surface area contributed by atoms with Crippen molar-refractivity contribution >= 4 is 24.5 Å². The number of carbonyl (C=O) groups excluding carboxylic acids is 1. The number of amides is 1. The molecular weight excluding hydrogens is 140 g/mol. The fraction of sp³-hybridized carbons (Fsp3) is 0.600. The number of rotatable bonds is 1. The van der Waals surface area contributed by atoms with Crippen molar-refractivity contribution in [3.8, 4) is 0 Å². The zero-order chi connectivity index (χ0) is 5.98. The van der Waals surface area contributed by atoms with Gasteiger partial charge in [-0.25, -0.2) is 0 Å². The van der Waals surface area contributed by atoms with E-state index in [1.807, 2.05) is 0 Å². The monoisotopic (exact) mass is 148 g/mol. The van der Waals surface area contributed by atoms with Gasteiger partial charge in [0, 0.05) is 12.8 Å². The number of hydrogen-bond donors (Lipinski definition) is 1. The molecule has 9 heavy (non-hydrogen) atoms. The minimum atomic E-state index is -0.258. The van der Waals surface area contributed by atoms with Crippen LogP contribution in [0.25, 0.3) is 0 Å². The molecule has 0 radical (unpaired) electrons. The fourth-order valence-electron chi connectivity index (χ4n) is 0.706. The summed E-state index contributed by atoms with van der Waals surface area (Å²) < 4.78 is 0. The molecule has 1 amide bonds. The van der Waals surface area contributed by atoms with Crippen LogP contribution in [0.1, 0.15) is 6.42 Å². The molecule has 0 bridgehead atoms. The summed E-state index contributed by atoms with van der Waals surface area (Å²) in [4.78, 5) is 14.2. The molecule has 1 aliphatic rings. The summed E-state index contributed by atoms with van der Waals surface area (Å²) in [6.45, 7) is 0.758. The second-order valence-electron chi connectivity index (χ2n) is 1.85. The van der Waals surface area contributed by atoms with Gasteiger partial charge in [0.25, 0.3) is 0 Å². The Hall–Kier alpha value is -0.570. The van der Waals surface area contributed by atoms with E-state index in [-0.39, 0.29) is 24.2 Å². The van der Waals surface area contributed by atoms with Crippen LogP contribution in [0, 0.1) is 5.92 Å². The Morgan fingerprint density at radius 3 is 2.67 bits per heavy atom. The number of nitrogens with zero attached hydrogens (tertiary/aromatic N) is 1. The van der Waals surface area contributed by atoms with E-state index in [0.29, 0.717) is 0 Å². The van der Waals surface area contributed by atoms with Gasteiger partial charge >= 0.3 is 0 Å². The number of hydrogen-bond acceptors (Lipinski definition) is 2. The Morgan fingerprint density at radius 1 is 1.78 bits per heavy atom. The summed E-state index contributed by atoms with van der Waals surface area (Å²) in [5.74, 6) is -0.346. The lowest BCUT2D eigenvalue weighted by Crippen LogP contribution is -2.22. The number of carbonyl (C=O) groups is 1. The Kier molecular flexibility index (Phi) is 3.24. The summed E-state index contributed by atoms with van der Waals surface area (Å²) in [5, 5.41) is 0. The highest BCUT2D eigenvalue weighted by Crippen LogP contribution is 2.04. The molecule has 4 heteroatoms. The van der Waals surface area contributed by atoms with Crippen LogP contribution in [-0.2, 0) is 4.79 Å². The van der Waals surface area contributed by atoms with Crippen LogP contribution < -0.4 is 5.73 Å². The third kappa shape index (κ3) is 2.01. The molecule has 0 fully saturated rings. The molecule has 52 valence electrons. The Balaban J connectivity index is 0.000000640. The lowest BCUT2D eigenvalue weighted by Gasteiger charge is -1.94. The van der Waals surface area contributed by atoms with Gasteiger partial charge in [0.2, 0.25) is 5.91 Å². The van der Waals surface area contributed by atoms with E-state index >= 15 is 0 Å². The molecule has 0 saturated carbocycles. The average Bonchev–Trinajstić information content (AvgIpc) is 2.12. The second kappa shape index (κ2) is 3.45. The number of halogens is 1. The van der Waals surface area contributed by atoms with E-state index in [4.69, 9.17) is 5.73 Å². The minimum Gasteiger partial charge on any atom is -0.369 e. The maximum atomic E-state index is 10.3. The van der Waals surface area contributed by atoms with E-state index < -0.39 is 0 Å². The second-order valence-corrected chi connectivity index (χ2v) is 1.85. The summed E-state index contributed by atoms with van der Waals surface area (Å²) in [5.41, 5.74) is 4.97. The molecule has 0 aromatic heterocycles.